The van der Waals surface area contributed by atoms with Crippen LogP contribution in [0.25, 0.3) is 5.57 Å². The van der Waals surface area contributed by atoms with Crippen LogP contribution in [0.1, 0.15) is 43.4 Å². The van der Waals surface area contributed by atoms with Gasteiger partial charge in [-0.3, -0.25) is 19.2 Å². The normalized spacial score (nSPS) is 16.5. The summed E-state index contributed by atoms with van der Waals surface area (Å²) in [5, 5.41) is 8.87. The van der Waals surface area contributed by atoms with E-state index < -0.39 is 41.8 Å². The number of nitrogens with zero attached hydrogens (tertiary/aromatic N) is 1. The molecule has 3 rings (SSSR count). The molecule has 2 amide bonds. The Kier molecular flexibility index (Phi) is 12.1. The molecule has 1 N–H and O–H groups in total. The fourth-order valence-electron chi connectivity index (χ4n) is 4.70. The van der Waals surface area contributed by atoms with E-state index in [1.165, 1.54) is 6.92 Å². The van der Waals surface area contributed by atoms with Gasteiger partial charge in [0.05, 0.1) is 25.2 Å². The number of hydrogen-bond acceptors (Lipinski definition) is 9. The molecule has 1 aliphatic heterocycles. The lowest BCUT2D eigenvalue weighted by atomic mass is 9.92. The first-order valence-electron chi connectivity index (χ1n) is 13.9. The third-order valence-corrected chi connectivity index (χ3v) is 6.77. The average molecular weight is 580 g/mol. The predicted octanol–water partition coefficient (Wildman–Crippen LogP) is 3.46. The fraction of sp³-hybridized carbons (Fsp3) is 0.406. The van der Waals surface area contributed by atoms with Crippen molar-refractivity contribution < 1.29 is 43.3 Å². The Morgan fingerprint density at radius 2 is 1.83 bits per heavy atom. The maximum atomic E-state index is 13.6. The zero-order valence-electron chi connectivity index (χ0n) is 24.1. The highest BCUT2D eigenvalue weighted by Gasteiger charge is 2.43. The van der Waals surface area contributed by atoms with Crippen molar-refractivity contribution in [3.8, 4) is 0 Å². The van der Waals surface area contributed by atoms with Crippen LogP contribution in [-0.4, -0.2) is 78.1 Å². The number of Topliss-reactive ketones (excluding diaryl/α,β-unsaturated/α-hetero) is 1. The van der Waals surface area contributed by atoms with Gasteiger partial charge >= 0.3 is 12.1 Å². The second-order valence-corrected chi connectivity index (χ2v) is 10.1. The Labute approximate surface area is 245 Å². The first-order chi connectivity index (χ1) is 20.1. The van der Waals surface area contributed by atoms with Crippen molar-refractivity contribution in [1.29, 1.82) is 0 Å². The zero-order chi connectivity index (χ0) is 30.6. The summed E-state index contributed by atoms with van der Waals surface area (Å²) in [4.78, 5) is 66.1. The lowest BCUT2D eigenvalue weighted by Gasteiger charge is -2.26. The standard InChI is InChI=1S/C32H37NO9/c1-21-9-7-12-25(17-21)27(28(36)13-8-15-40-16-14-34)19-29(37)30(42-23(3)35)22(2)31(38)33-26(20-41-32(33)39)18-24-10-5-4-6-11-24/h4-7,9-12,17,19,22,26,30,34H,8,13-16,18,20H2,1-3H3/t22-,26-,30-/m1/s1. The van der Waals surface area contributed by atoms with Crippen LogP contribution in [0.2, 0.25) is 0 Å². The number of amides is 2. The molecule has 1 heterocycles. The van der Waals surface area contributed by atoms with E-state index in [2.05, 4.69) is 0 Å². The molecule has 224 valence electrons. The summed E-state index contributed by atoms with van der Waals surface area (Å²) in [6.07, 6.45) is -0.542. The van der Waals surface area contributed by atoms with E-state index in [0.717, 1.165) is 29.0 Å². The van der Waals surface area contributed by atoms with Crippen molar-refractivity contribution in [2.45, 2.75) is 52.2 Å². The summed E-state index contributed by atoms with van der Waals surface area (Å²) in [6, 6.07) is 15.7. The van der Waals surface area contributed by atoms with Gasteiger partial charge in [-0.1, -0.05) is 60.2 Å². The van der Waals surface area contributed by atoms with E-state index in [1.807, 2.05) is 43.3 Å². The van der Waals surface area contributed by atoms with Gasteiger partial charge in [0.25, 0.3) is 0 Å². The largest absolute Gasteiger partial charge is 0.453 e. The number of esters is 1. The number of hydrogen-bond donors (Lipinski definition) is 1. The van der Waals surface area contributed by atoms with E-state index in [0.29, 0.717) is 18.4 Å². The molecule has 0 spiro atoms. The number of carbonyl (C=O) groups is 5. The molecule has 0 radical (unpaired) electrons. The minimum atomic E-state index is -1.58. The number of rotatable bonds is 15. The zero-order valence-corrected chi connectivity index (χ0v) is 24.1. The maximum absolute atomic E-state index is 13.6. The first kappa shape index (κ1) is 32.4. The van der Waals surface area contributed by atoms with Gasteiger partial charge in [-0.05, 0) is 43.9 Å². The molecule has 42 heavy (non-hydrogen) atoms. The molecule has 1 fully saturated rings. The van der Waals surface area contributed by atoms with E-state index >= 15 is 0 Å². The Bertz CT molecular complexity index is 1300. The molecule has 0 unspecified atom stereocenters. The first-order valence-corrected chi connectivity index (χ1v) is 13.9. The van der Waals surface area contributed by atoms with Crippen LogP contribution in [0.3, 0.4) is 0 Å². The number of cyclic esters (lactones) is 1. The van der Waals surface area contributed by atoms with Gasteiger partial charge in [-0.2, -0.15) is 0 Å². The van der Waals surface area contributed by atoms with Crippen LogP contribution in [0, 0.1) is 12.8 Å². The van der Waals surface area contributed by atoms with Gasteiger partial charge in [0.2, 0.25) is 5.91 Å². The molecular formula is C32H37NO9. The van der Waals surface area contributed by atoms with Crippen molar-refractivity contribution in [2.24, 2.45) is 5.92 Å². The number of carbonyl (C=O) groups excluding carboxylic acids is 5. The van der Waals surface area contributed by atoms with Crippen molar-refractivity contribution in [1.82, 2.24) is 4.90 Å². The summed E-state index contributed by atoms with van der Waals surface area (Å²) in [5.74, 6) is -3.87. The SMILES string of the molecule is CC(=O)O[C@@H](C(=O)C=C(C(=O)CCCOCCO)c1cccc(C)c1)[C@@H](C)C(=O)N1C(=O)OC[C@H]1Cc1ccccc1. The van der Waals surface area contributed by atoms with Crippen molar-refractivity contribution >= 4 is 35.1 Å². The van der Waals surface area contributed by atoms with E-state index in [1.54, 1.807) is 18.2 Å². The third-order valence-electron chi connectivity index (χ3n) is 6.77. The molecule has 2 aromatic rings. The molecule has 2 aromatic carbocycles. The fourth-order valence-corrected chi connectivity index (χ4v) is 4.70. The lowest BCUT2D eigenvalue weighted by molar-refractivity contribution is -0.158. The van der Waals surface area contributed by atoms with Crippen LogP contribution in [-0.2, 0) is 39.8 Å². The third kappa shape index (κ3) is 8.92. The van der Waals surface area contributed by atoms with Crippen LogP contribution in [0.15, 0.2) is 60.7 Å². The van der Waals surface area contributed by atoms with Crippen LogP contribution in [0.5, 0.6) is 0 Å². The van der Waals surface area contributed by atoms with E-state index in [-0.39, 0.29) is 44.2 Å². The molecule has 1 aliphatic rings. The second-order valence-electron chi connectivity index (χ2n) is 10.1. The molecule has 10 nitrogen and oxygen atoms in total. The number of aliphatic hydroxyl groups is 1. The number of imide groups is 1. The molecule has 3 atom stereocenters. The van der Waals surface area contributed by atoms with Crippen LogP contribution >= 0.6 is 0 Å². The average Bonchev–Trinajstić information content (AvgIpc) is 3.33. The summed E-state index contributed by atoms with van der Waals surface area (Å²) in [7, 11) is 0. The highest BCUT2D eigenvalue weighted by atomic mass is 16.6. The van der Waals surface area contributed by atoms with Gasteiger partial charge in [0.1, 0.15) is 6.61 Å². The molecular weight excluding hydrogens is 542 g/mol. The predicted molar refractivity (Wildman–Crippen MR) is 153 cm³/mol. The van der Waals surface area contributed by atoms with Gasteiger partial charge in [-0.15, -0.1) is 0 Å². The Hall–Kier alpha value is -4.15. The summed E-state index contributed by atoms with van der Waals surface area (Å²) < 4.78 is 15.7. The van der Waals surface area contributed by atoms with Crippen molar-refractivity contribution in [3.05, 3.63) is 77.4 Å². The molecule has 0 aliphatic carbocycles. The quantitative estimate of drug-likeness (QED) is 0.191. The summed E-state index contributed by atoms with van der Waals surface area (Å²) in [5.41, 5.74) is 2.35. The smallest absolute Gasteiger partial charge is 0.416 e. The highest BCUT2D eigenvalue weighted by molar-refractivity contribution is 6.25. The van der Waals surface area contributed by atoms with E-state index in [4.69, 9.17) is 19.3 Å². The lowest BCUT2D eigenvalue weighted by Crippen LogP contribution is -2.48. The van der Waals surface area contributed by atoms with Crippen molar-refractivity contribution in [2.75, 3.05) is 26.4 Å². The van der Waals surface area contributed by atoms with Gasteiger partial charge in [-0.25, -0.2) is 9.69 Å². The minimum Gasteiger partial charge on any atom is -0.453 e. The number of aryl methyl sites for hydroxylation is 1. The maximum Gasteiger partial charge on any atom is 0.416 e. The van der Waals surface area contributed by atoms with Crippen molar-refractivity contribution in [3.63, 3.8) is 0 Å². The monoisotopic (exact) mass is 579 g/mol. The highest BCUT2D eigenvalue weighted by Crippen LogP contribution is 2.25. The summed E-state index contributed by atoms with van der Waals surface area (Å²) >= 11 is 0. The number of ketones is 2. The van der Waals surface area contributed by atoms with E-state index in [9.17, 15) is 24.0 Å². The minimum absolute atomic E-state index is 0.00764. The summed E-state index contributed by atoms with van der Waals surface area (Å²) in [6.45, 7) is 4.63. The Balaban J connectivity index is 1.88. The molecule has 0 saturated carbocycles. The van der Waals surface area contributed by atoms with Gasteiger partial charge < -0.3 is 19.3 Å². The molecule has 1 saturated heterocycles. The number of ether oxygens (including phenoxy) is 3. The second kappa shape index (κ2) is 15.7. The van der Waals surface area contributed by atoms with Crippen LogP contribution in [0.4, 0.5) is 4.79 Å². The number of benzene rings is 2. The Morgan fingerprint density at radius 1 is 1.10 bits per heavy atom. The topological polar surface area (TPSA) is 137 Å². The molecule has 0 bridgehead atoms. The number of allylic oxidation sites excluding steroid dienone is 1. The van der Waals surface area contributed by atoms with Crippen LogP contribution < -0.4 is 0 Å². The Morgan fingerprint density at radius 3 is 2.50 bits per heavy atom. The number of aliphatic hydroxyl groups excluding tert-OH is 1. The van der Waals surface area contributed by atoms with Gasteiger partial charge in [0.15, 0.2) is 17.7 Å². The molecule has 10 heteroatoms. The van der Waals surface area contributed by atoms with Gasteiger partial charge in [0, 0.05) is 25.5 Å². The molecule has 0 aromatic heterocycles.